The summed E-state index contributed by atoms with van der Waals surface area (Å²) in [6, 6.07) is 0. The molecule has 1 fully saturated rings. The van der Waals surface area contributed by atoms with Gasteiger partial charge in [0.15, 0.2) is 6.29 Å². The molecule has 1 rings (SSSR count). The van der Waals surface area contributed by atoms with Crippen molar-refractivity contribution in [3.8, 4) is 0 Å². The molecule has 0 aromatic carbocycles. The number of aliphatic hydroxyl groups excluding tert-OH is 9. The summed E-state index contributed by atoms with van der Waals surface area (Å²) in [7, 11) is 0. The lowest BCUT2D eigenvalue weighted by atomic mass is 9.98. The zero-order chi connectivity index (χ0) is 17.7. The first-order chi connectivity index (χ1) is 10.8. The summed E-state index contributed by atoms with van der Waals surface area (Å²) in [5.74, 6) is 0. The smallest absolute Gasteiger partial charge is 0.187 e. The molecule has 9 atom stereocenters. The predicted octanol–water partition coefficient (Wildman–Crippen LogP) is -5.76. The van der Waals surface area contributed by atoms with Gasteiger partial charge < -0.3 is 55.4 Å². The van der Waals surface area contributed by atoms with Crippen LogP contribution in [0.1, 0.15) is 0 Å². The molecule has 0 aliphatic carbocycles. The third-order valence-electron chi connectivity index (χ3n) is 3.62. The summed E-state index contributed by atoms with van der Waals surface area (Å²) < 4.78 is 10.1. The van der Waals surface area contributed by atoms with Gasteiger partial charge >= 0.3 is 0 Å². The van der Waals surface area contributed by atoms with Crippen LogP contribution >= 0.6 is 0 Å². The molecule has 0 amide bonds. The second-order valence-corrected chi connectivity index (χ2v) is 5.29. The maximum atomic E-state index is 9.83. The van der Waals surface area contributed by atoms with Gasteiger partial charge in [0.2, 0.25) is 0 Å². The highest BCUT2D eigenvalue weighted by atomic mass is 16.7. The molecular formula is C12H24O11. The quantitative estimate of drug-likeness (QED) is 0.203. The number of rotatable bonds is 8. The molecule has 0 aromatic heterocycles. The van der Waals surface area contributed by atoms with Gasteiger partial charge in [0.05, 0.1) is 19.8 Å². The van der Waals surface area contributed by atoms with E-state index in [4.69, 9.17) is 24.8 Å². The largest absolute Gasteiger partial charge is 0.394 e. The van der Waals surface area contributed by atoms with Crippen molar-refractivity contribution in [2.45, 2.75) is 55.1 Å². The van der Waals surface area contributed by atoms with E-state index in [9.17, 15) is 30.6 Å². The molecule has 1 aliphatic rings. The van der Waals surface area contributed by atoms with Crippen molar-refractivity contribution in [1.29, 1.82) is 0 Å². The lowest BCUT2D eigenvalue weighted by Crippen LogP contribution is -2.61. The van der Waals surface area contributed by atoms with E-state index in [1.807, 2.05) is 0 Å². The van der Waals surface area contributed by atoms with Crippen LogP contribution in [-0.4, -0.2) is 121 Å². The minimum atomic E-state index is -1.85. The minimum absolute atomic E-state index is 0.708. The molecule has 0 bridgehead atoms. The molecule has 0 aromatic rings. The van der Waals surface area contributed by atoms with Crippen LogP contribution in [0.25, 0.3) is 0 Å². The molecular weight excluding hydrogens is 320 g/mol. The van der Waals surface area contributed by atoms with Gasteiger partial charge in [-0.2, -0.15) is 0 Å². The average Bonchev–Trinajstić information content (AvgIpc) is 2.57. The van der Waals surface area contributed by atoms with E-state index in [0.29, 0.717) is 0 Å². The van der Waals surface area contributed by atoms with Crippen LogP contribution in [0.15, 0.2) is 0 Å². The highest BCUT2D eigenvalue weighted by Gasteiger charge is 2.46. The zero-order valence-electron chi connectivity index (χ0n) is 12.2. The zero-order valence-corrected chi connectivity index (χ0v) is 12.2. The first kappa shape index (κ1) is 20.6. The summed E-state index contributed by atoms with van der Waals surface area (Å²) in [6.45, 7) is -2.45. The van der Waals surface area contributed by atoms with Crippen LogP contribution in [0.4, 0.5) is 0 Å². The average molecular weight is 344 g/mol. The van der Waals surface area contributed by atoms with E-state index >= 15 is 0 Å². The van der Waals surface area contributed by atoms with E-state index in [0.717, 1.165) is 0 Å². The van der Waals surface area contributed by atoms with Crippen molar-refractivity contribution >= 4 is 0 Å². The summed E-state index contributed by atoms with van der Waals surface area (Å²) in [6.07, 6.45) is -15.1. The summed E-state index contributed by atoms with van der Waals surface area (Å²) in [4.78, 5) is 0. The summed E-state index contributed by atoms with van der Waals surface area (Å²) in [5, 5.41) is 84.9. The second kappa shape index (κ2) is 9.15. The topological polar surface area (TPSA) is 201 Å². The summed E-state index contributed by atoms with van der Waals surface area (Å²) in [5.41, 5.74) is 0. The van der Waals surface area contributed by atoms with Crippen LogP contribution in [0.3, 0.4) is 0 Å². The van der Waals surface area contributed by atoms with Crippen molar-refractivity contribution in [2.24, 2.45) is 0 Å². The lowest BCUT2D eigenvalue weighted by Gasteiger charge is -2.42. The number of ether oxygens (including phenoxy) is 2. The highest BCUT2D eigenvalue weighted by Crippen LogP contribution is 2.24. The molecule has 11 heteroatoms. The Morgan fingerprint density at radius 3 is 1.87 bits per heavy atom. The van der Waals surface area contributed by atoms with E-state index in [2.05, 4.69) is 0 Å². The predicted molar refractivity (Wildman–Crippen MR) is 70.8 cm³/mol. The third kappa shape index (κ3) is 4.78. The van der Waals surface area contributed by atoms with Crippen molar-refractivity contribution in [3.63, 3.8) is 0 Å². The Bertz CT molecular complexity index is 341. The van der Waals surface area contributed by atoms with E-state index < -0.39 is 74.9 Å². The lowest BCUT2D eigenvalue weighted by molar-refractivity contribution is -0.327. The first-order valence-corrected chi connectivity index (χ1v) is 7.00. The van der Waals surface area contributed by atoms with Gasteiger partial charge in [-0.3, -0.25) is 0 Å². The maximum Gasteiger partial charge on any atom is 0.187 e. The third-order valence-corrected chi connectivity index (χ3v) is 3.62. The SMILES string of the molecule is OC[C@@H](O)[C@@H](O)[C@H](OC1O[C@H](CO)[C@H](O)[C@H](O)[C@H]1O)[C@H](O)CO. The molecule has 0 spiro atoms. The normalized spacial score (nSPS) is 37.2. The highest BCUT2D eigenvalue weighted by molar-refractivity contribution is 4.91. The molecule has 0 radical (unpaired) electrons. The van der Waals surface area contributed by atoms with Gasteiger partial charge in [-0.05, 0) is 0 Å². The Morgan fingerprint density at radius 2 is 1.39 bits per heavy atom. The van der Waals surface area contributed by atoms with Gasteiger partial charge in [-0.1, -0.05) is 0 Å². The van der Waals surface area contributed by atoms with Crippen LogP contribution < -0.4 is 0 Å². The molecule has 138 valence electrons. The number of hydrogen-bond acceptors (Lipinski definition) is 11. The van der Waals surface area contributed by atoms with Gasteiger partial charge in [0.1, 0.15) is 48.8 Å². The van der Waals surface area contributed by atoms with Crippen LogP contribution in [0.5, 0.6) is 0 Å². The van der Waals surface area contributed by atoms with Gasteiger partial charge in [0, 0.05) is 0 Å². The Morgan fingerprint density at radius 1 is 0.826 bits per heavy atom. The van der Waals surface area contributed by atoms with Crippen LogP contribution in [-0.2, 0) is 9.47 Å². The Balaban J connectivity index is 2.89. The molecule has 0 saturated carbocycles. The van der Waals surface area contributed by atoms with E-state index in [1.54, 1.807) is 0 Å². The molecule has 23 heavy (non-hydrogen) atoms. The van der Waals surface area contributed by atoms with Gasteiger partial charge in [-0.25, -0.2) is 0 Å². The molecule has 1 aliphatic heterocycles. The second-order valence-electron chi connectivity index (χ2n) is 5.29. The first-order valence-electron chi connectivity index (χ1n) is 7.00. The van der Waals surface area contributed by atoms with E-state index in [-0.39, 0.29) is 0 Å². The molecule has 1 saturated heterocycles. The van der Waals surface area contributed by atoms with Crippen molar-refractivity contribution in [1.82, 2.24) is 0 Å². The van der Waals surface area contributed by atoms with Crippen molar-refractivity contribution in [3.05, 3.63) is 0 Å². The molecule has 11 nitrogen and oxygen atoms in total. The van der Waals surface area contributed by atoms with Gasteiger partial charge in [-0.15, -0.1) is 0 Å². The van der Waals surface area contributed by atoms with Crippen molar-refractivity contribution in [2.75, 3.05) is 19.8 Å². The Labute approximate surface area is 131 Å². The van der Waals surface area contributed by atoms with Crippen LogP contribution in [0.2, 0.25) is 0 Å². The molecule has 1 unspecified atom stereocenters. The van der Waals surface area contributed by atoms with Gasteiger partial charge in [0.25, 0.3) is 0 Å². The number of aliphatic hydroxyl groups is 9. The standard InChI is InChI=1S/C12H24O11/c13-1-4(16)7(18)11(5(17)2-14)23-12-10(21)9(20)8(19)6(3-15)22-12/h4-21H,1-3H2/t4-,5-,6-,7-,8+,9+,10-,11-,12?/m1/s1. The monoisotopic (exact) mass is 344 g/mol. The molecule has 1 heterocycles. The Hall–Kier alpha value is -0.440. The minimum Gasteiger partial charge on any atom is -0.394 e. The fourth-order valence-electron chi connectivity index (χ4n) is 2.16. The Kier molecular flexibility index (Phi) is 8.20. The summed E-state index contributed by atoms with van der Waals surface area (Å²) >= 11 is 0. The number of hydrogen-bond donors (Lipinski definition) is 9. The van der Waals surface area contributed by atoms with Crippen LogP contribution in [0, 0.1) is 0 Å². The maximum absolute atomic E-state index is 9.83. The van der Waals surface area contributed by atoms with E-state index in [1.165, 1.54) is 0 Å². The molecule has 9 N–H and O–H groups in total. The van der Waals surface area contributed by atoms with Crippen molar-refractivity contribution < 1.29 is 55.4 Å². The fourth-order valence-corrected chi connectivity index (χ4v) is 2.16. The fraction of sp³-hybridized carbons (Fsp3) is 1.00.